The van der Waals surface area contributed by atoms with Crippen LogP contribution in [0.25, 0.3) is 16.5 Å². The van der Waals surface area contributed by atoms with Crippen molar-refractivity contribution < 1.29 is 24.7 Å². The van der Waals surface area contributed by atoms with Gasteiger partial charge >= 0.3 is 11.9 Å². The first-order valence-corrected chi connectivity index (χ1v) is 9.02. The number of nitrogens with zero attached hydrogens (tertiary/aromatic N) is 2. The molecule has 0 saturated heterocycles. The average Bonchev–Trinajstić information content (AvgIpc) is 3.11. The van der Waals surface area contributed by atoms with Gasteiger partial charge in [-0.05, 0) is 38.0 Å². The van der Waals surface area contributed by atoms with E-state index in [9.17, 15) is 19.7 Å². The lowest BCUT2D eigenvalue weighted by atomic mass is 10.0. The summed E-state index contributed by atoms with van der Waals surface area (Å²) in [6.45, 7) is 6.36. The van der Waals surface area contributed by atoms with Gasteiger partial charge in [-0.25, -0.2) is 9.59 Å². The fourth-order valence-corrected chi connectivity index (χ4v) is 3.01. The SMILES string of the molecule is CC(C)N1CC=C(c2cc3c([N+](=O)[O-])cccc3[nH]2)CC1.O=C(O)/C=C\C(=O)O. The zero-order valence-electron chi connectivity index (χ0n) is 16.2. The minimum absolute atomic E-state index is 0.162. The minimum Gasteiger partial charge on any atom is -0.478 e. The summed E-state index contributed by atoms with van der Waals surface area (Å²) in [6.07, 6.45) is 4.31. The highest BCUT2D eigenvalue weighted by atomic mass is 16.6. The largest absolute Gasteiger partial charge is 0.478 e. The maximum atomic E-state index is 11.1. The molecule has 1 aromatic carbocycles. The number of hydrogen-bond acceptors (Lipinski definition) is 5. The van der Waals surface area contributed by atoms with Gasteiger partial charge in [0.05, 0.1) is 15.8 Å². The number of carboxylic acid groups (broad SMARTS) is 2. The Morgan fingerprint density at radius 2 is 1.90 bits per heavy atom. The van der Waals surface area contributed by atoms with E-state index in [-0.39, 0.29) is 10.6 Å². The van der Waals surface area contributed by atoms with Crippen molar-refractivity contribution in [1.82, 2.24) is 9.88 Å². The van der Waals surface area contributed by atoms with Crippen LogP contribution in [0.15, 0.2) is 42.5 Å². The van der Waals surface area contributed by atoms with Gasteiger partial charge in [-0.1, -0.05) is 12.1 Å². The van der Waals surface area contributed by atoms with Crippen molar-refractivity contribution in [3.8, 4) is 0 Å². The molecule has 0 amide bonds. The van der Waals surface area contributed by atoms with E-state index in [1.807, 2.05) is 12.1 Å². The van der Waals surface area contributed by atoms with Crippen molar-refractivity contribution in [3.05, 3.63) is 58.3 Å². The monoisotopic (exact) mass is 401 g/mol. The number of nitrogens with one attached hydrogen (secondary N) is 1. The van der Waals surface area contributed by atoms with Gasteiger partial charge in [0.2, 0.25) is 0 Å². The van der Waals surface area contributed by atoms with Gasteiger partial charge < -0.3 is 15.2 Å². The molecule has 2 aromatic rings. The molecule has 0 aliphatic carbocycles. The third kappa shape index (κ3) is 6.01. The number of H-pyrrole nitrogens is 1. The second-order valence-corrected chi connectivity index (χ2v) is 6.76. The summed E-state index contributed by atoms with van der Waals surface area (Å²) < 4.78 is 0. The molecule has 0 saturated carbocycles. The third-order valence-electron chi connectivity index (χ3n) is 4.52. The molecule has 3 N–H and O–H groups in total. The molecule has 154 valence electrons. The van der Waals surface area contributed by atoms with Crippen molar-refractivity contribution in [2.24, 2.45) is 0 Å². The van der Waals surface area contributed by atoms with Crippen molar-refractivity contribution in [2.45, 2.75) is 26.3 Å². The third-order valence-corrected chi connectivity index (χ3v) is 4.52. The molecule has 0 radical (unpaired) electrons. The zero-order valence-corrected chi connectivity index (χ0v) is 16.2. The Kier molecular flexibility index (Phi) is 7.27. The van der Waals surface area contributed by atoms with Crippen LogP contribution < -0.4 is 0 Å². The second kappa shape index (κ2) is 9.65. The van der Waals surface area contributed by atoms with Crippen LogP contribution >= 0.6 is 0 Å². The van der Waals surface area contributed by atoms with Crippen LogP contribution in [-0.2, 0) is 9.59 Å². The van der Waals surface area contributed by atoms with E-state index in [4.69, 9.17) is 10.2 Å². The number of benzene rings is 1. The van der Waals surface area contributed by atoms with Gasteiger partial charge in [-0.15, -0.1) is 0 Å². The number of hydrogen-bond donors (Lipinski definition) is 3. The number of aromatic amines is 1. The number of rotatable bonds is 5. The minimum atomic E-state index is -1.26. The lowest BCUT2D eigenvalue weighted by Crippen LogP contribution is -2.34. The molecule has 1 aromatic heterocycles. The molecule has 0 bridgehead atoms. The van der Waals surface area contributed by atoms with E-state index in [1.54, 1.807) is 12.1 Å². The maximum Gasteiger partial charge on any atom is 0.328 e. The van der Waals surface area contributed by atoms with Crippen LogP contribution in [0.1, 0.15) is 26.0 Å². The molecule has 1 aliphatic rings. The maximum absolute atomic E-state index is 11.1. The predicted octanol–water partition coefficient (Wildman–Crippen LogP) is 3.29. The van der Waals surface area contributed by atoms with Gasteiger partial charge in [0.1, 0.15) is 0 Å². The normalized spacial score (nSPS) is 14.5. The van der Waals surface area contributed by atoms with Crippen LogP contribution in [0.4, 0.5) is 5.69 Å². The number of aliphatic carboxylic acids is 2. The highest BCUT2D eigenvalue weighted by Crippen LogP contribution is 2.30. The number of fused-ring (bicyclic) bond motifs is 1. The summed E-state index contributed by atoms with van der Waals surface area (Å²) in [4.78, 5) is 35.6. The van der Waals surface area contributed by atoms with Crippen molar-refractivity contribution in [1.29, 1.82) is 0 Å². The van der Waals surface area contributed by atoms with E-state index < -0.39 is 11.9 Å². The summed E-state index contributed by atoms with van der Waals surface area (Å²) in [5.74, 6) is -2.51. The molecular formula is C20H23N3O6. The molecule has 9 nitrogen and oxygen atoms in total. The van der Waals surface area contributed by atoms with Crippen LogP contribution in [-0.4, -0.2) is 56.1 Å². The quantitative estimate of drug-likeness (QED) is 0.397. The number of aromatic nitrogens is 1. The first-order valence-electron chi connectivity index (χ1n) is 9.02. The van der Waals surface area contributed by atoms with Crippen molar-refractivity contribution in [3.63, 3.8) is 0 Å². The van der Waals surface area contributed by atoms with Crippen LogP contribution in [0.3, 0.4) is 0 Å². The number of carbonyl (C=O) groups is 2. The highest BCUT2D eigenvalue weighted by Gasteiger charge is 2.18. The fourth-order valence-electron chi connectivity index (χ4n) is 3.01. The van der Waals surface area contributed by atoms with E-state index in [1.165, 1.54) is 5.57 Å². The number of nitro groups is 1. The molecule has 29 heavy (non-hydrogen) atoms. The Balaban J connectivity index is 0.000000321. The van der Waals surface area contributed by atoms with Crippen LogP contribution in [0.2, 0.25) is 0 Å². The summed E-state index contributed by atoms with van der Waals surface area (Å²) in [7, 11) is 0. The number of non-ortho nitro benzene ring substituents is 1. The molecule has 0 spiro atoms. The zero-order chi connectivity index (χ0) is 21.6. The summed E-state index contributed by atoms with van der Waals surface area (Å²) in [6, 6.07) is 7.61. The van der Waals surface area contributed by atoms with E-state index in [2.05, 4.69) is 29.8 Å². The molecule has 0 fully saturated rings. The Hall–Kier alpha value is -3.46. The molecule has 0 atom stereocenters. The summed E-state index contributed by atoms with van der Waals surface area (Å²) >= 11 is 0. The molecule has 0 unspecified atom stereocenters. The first-order chi connectivity index (χ1) is 13.7. The van der Waals surface area contributed by atoms with E-state index in [0.29, 0.717) is 23.6 Å². The standard InChI is InChI=1S/C16H19N3O2.C4H4O4/c1-11(2)18-8-6-12(7-9-18)15-10-13-14(17-15)4-3-5-16(13)19(20)21;5-3(6)1-2-4(7)8/h3-6,10-11,17H,7-9H2,1-2H3;1-2H,(H,5,6)(H,7,8)/b;2-1-. The Morgan fingerprint density at radius 1 is 1.24 bits per heavy atom. The lowest BCUT2D eigenvalue weighted by molar-refractivity contribution is -0.383. The van der Waals surface area contributed by atoms with Gasteiger partial charge in [0, 0.05) is 43.0 Å². The second-order valence-electron chi connectivity index (χ2n) is 6.76. The number of carboxylic acids is 2. The Bertz CT molecular complexity index is 958. The Labute approximate surface area is 167 Å². The number of nitro benzene ring substituents is 1. The topological polar surface area (TPSA) is 137 Å². The van der Waals surface area contributed by atoms with Crippen molar-refractivity contribution in [2.75, 3.05) is 13.1 Å². The van der Waals surface area contributed by atoms with Crippen LogP contribution in [0.5, 0.6) is 0 Å². The lowest BCUT2D eigenvalue weighted by Gasteiger charge is -2.29. The molecule has 1 aliphatic heterocycles. The van der Waals surface area contributed by atoms with E-state index >= 15 is 0 Å². The molecule has 3 rings (SSSR count). The molecule has 9 heteroatoms. The average molecular weight is 401 g/mol. The van der Waals surface area contributed by atoms with Gasteiger partial charge in [0.15, 0.2) is 0 Å². The van der Waals surface area contributed by atoms with Crippen LogP contribution in [0, 0.1) is 10.1 Å². The van der Waals surface area contributed by atoms with E-state index in [0.717, 1.165) is 30.7 Å². The predicted molar refractivity (Wildman–Crippen MR) is 109 cm³/mol. The summed E-state index contributed by atoms with van der Waals surface area (Å²) in [5, 5.41) is 27.4. The molecule has 2 heterocycles. The summed E-state index contributed by atoms with van der Waals surface area (Å²) in [5.41, 5.74) is 3.24. The van der Waals surface area contributed by atoms with Gasteiger partial charge in [-0.3, -0.25) is 15.0 Å². The highest BCUT2D eigenvalue weighted by molar-refractivity contribution is 5.92. The first kappa shape index (κ1) is 21.8. The smallest absolute Gasteiger partial charge is 0.328 e. The van der Waals surface area contributed by atoms with Crippen molar-refractivity contribution >= 4 is 34.1 Å². The van der Waals surface area contributed by atoms with Gasteiger partial charge in [0.25, 0.3) is 5.69 Å². The Morgan fingerprint density at radius 3 is 2.38 bits per heavy atom. The fraction of sp³-hybridized carbons (Fsp3) is 0.300. The molecular weight excluding hydrogens is 378 g/mol. The van der Waals surface area contributed by atoms with Gasteiger partial charge in [-0.2, -0.15) is 0 Å².